The van der Waals surface area contributed by atoms with Crippen LogP contribution < -0.4 is 10.1 Å². The van der Waals surface area contributed by atoms with Crippen molar-refractivity contribution < 1.29 is 4.74 Å². The summed E-state index contributed by atoms with van der Waals surface area (Å²) in [5.41, 5.74) is 2.53. The Morgan fingerprint density at radius 2 is 2.04 bits per heavy atom. The second kappa shape index (κ2) is 7.81. The zero-order valence-electron chi connectivity index (χ0n) is 14.9. The number of rotatable bonds is 6. The van der Waals surface area contributed by atoms with Crippen LogP contribution in [0.5, 0.6) is 5.75 Å². The molecule has 0 saturated carbocycles. The maximum absolute atomic E-state index is 5.46. The lowest BCUT2D eigenvalue weighted by Crippen LogP contribution is -2.42. The summed E-state index contributed by atoms with van der Waals surface area (Å²) >= 11 is 0. The van der Waals surface area contributed by atoms with Crippen LogP contribution in [0, 0.1) is 0 Å². The number of ether oxygens (including phenoxy) is 1. The molecular weight excluding hydrogens is 300 g/mol. The van der Waals surface area contributed by atoms with E-state index in [0.717, 1.165) is 25.4 Å². The summed E-state index contributed by atoms with van der Waals surface area (Å²) in [6.07, 6.45) is 6.41. The maximum Gasteiger partial charge on any atom is 0.123 e. The van der Waals surface area contributed by atoms with Gasteiger partial charge in [0.1, 0.15) is 5.75 Å². The van der Waals surface area contributed by atoms with E-state index >= 15 is 0 Å². The maximum atomic E-state index is 5.46. The fourth-order valence-electron chi connectivity index (χ4n) is 3.45. The zero-order valence-corrected chi connectivity index (χ0v) is 14.9. The molecule has 130 valence electrons. The van der Waals surface area contributed by atoms with Crippen molar-refractivity contribution in [2.24, 2.45) is 7.05 Å². The minimum absolute atomic E-state index is 0.351. The molecule has 0 bridgehead atoms. The fraction of sp³-hybridized carbons (Fsp3) is 0.526. The Kier molecular flexibility index (Phi) is 5.53. The minimum Gasteiger partial charge on any atom is -0.496 e. The van der Waals surface area contributed by atoms with Crippen LogP contribution in [0.15, 0.2) is 36.7 Å². The molecule has 0 amide bonds. The van der Waals surface area contributed by atoms with Crippen LogP contribution in [-0.4, -0.2) is 40.9 Å². The molecule has 0 radical (unpaired) electrons. The smallest absolute Gasteiger partial charge is 0.123 e. The summed E-state index contributed by atoms with van der Waals surface area (Å²) in [5.74, 6) is 0.989. The standard InChI is InChI=1S/C19H28N4O/c1-15(17-12-20-22(2)13-17)21-18-8-10-23(11-9-18)14-16-6-4-5-7-19(16)24-3/h4-7,12-13,15,18,21H,8-11,14H2,1-3H3/t15-/m1/s1. The van der Waals surface area contributed by atoms with Gasteiger partial charge < -0.3 is 10.1 Å². The molecule has 1 fully saturated rings. The molecule has 1 atom stereocenters. The van der Waals surface area contributed by atoms with Gasteiger partial charge in [0.15, 0.2) is 0 Å². The Hall–Kier alpha value is -1.85. The van der Waals surface area contributed by atoms with Gasteiger partial charge in [0.2, 0.25) is 0 Å². The van der Waals surface area contributed by atoms with E-state index in [-0.39, 0.29) is 0 Å². The molecule has 1 N–H and O–H groups in total. The molecule has 1 aliphatic heterocycles. The number of nitrogens with zero attached hydrogens (tertiary/aromatic N) is 3. The Morgan fingerprint density at radius 3 is 2.71 bits per heavy atom. The highest BCUT2D eigenvalue weighted by molar-refractivity contribution is 5.33. The molecule has 5 nitrogen and oxygen atoms in total. The van der Waals surface area contributed by atoms with Gasteiger partial charge in [-0.25, -0.2) is 0 Å². The number of aryl methyl sites for hydroxylation is 1. The summed E-state index contributed by atoms with van der Waals surface area (Å²) in [5, 5.41) is 8.01. The van der Waals surface area contributed by atoms with Crippen LogP contribution in [0.3, 0.4) is 0 Å². The average molecular weight is 328 g/mol. The molecule has 2 aromatic rings. The van der Waals surface area contributed by atoms with Crippen LogP contribution in [0.2, 0.25) is 0 Å². The second-order valence-electron chi connectivity index (χ2n) is 6.70. The number of hydrogen-bond acceptors (Lipinski definition) is 4. The van der Waals surface area contributed by atoms with Crippen LogP contribution in [0.25, 0.3) is 0 Å². The lowest BCUT2D eigenvalue weighted by molar-refractivity contribution is 0.183. The SMILES string of the molecule is COc1ccccc1CN1CCC(N[C@H](C)c2cnn(C)c2)CC1. The van der Waals surface area contributed by atoms with Crippen LogP contribution in [-0.2, 0) is 13.6 Å². The number of piperidine rings is 1. The van der Waals surface area contributed by atoms with Gasteiger partial charge in [0, 0.05) is 43.0 Å². The molecule has 1 saturated heterocycles. The third-order valence-electron chi connectivity index (χ3n) is 4.88. The van der Waals surface area contributed by atoms with Crippen molar-refractivity contribution in [3.8, 4) is 5.75 Å². The Bertz CT molecular complexity index is 646. The highest BCUT2D eigenvalue weighted by atomic mass is 16.5. The number of hydrogen-bond donors (Lipinski definition) is 1. The highest BCUT2D eigenvalue weighted by Gasteiger charge is 2.21. The molecule has 3 rings (SSSR count). The van der Waals surface area contributed by atoms with E-state index in [0.29, 0.717) is 12.1 Å². The van der Waals surface area contributed by atoms with Crippen molar-refractivity contribution in [2.75, 3.05) is 20.2 Å². The zero-order chi connectivity index (χ0) is 16.9. The molecule has 0 spiro atoms. The molecule has 0 unspecified atom stereocenters. The van der Waals surface area contributed by atoms with Crippen LogP contribution in [0.1, 0.15) is 36.9 Å². The van der Waals surface area contributed by atoms with Gasteiger partial charge in [-0.3, -0.25) is 9.58 Å². The lowest BCUT2D eigenvalue weighted by Gasteiger charge is -2.34. The number of benzene rings is 1. The first-order chi connectivity index (χ1) is 11.7. The number of methoxy groups -OCH3 is 1. The van der Waals surface area contributed by atoms with Gasteiger partial charge in [-0.1, -0.05) is 18.2 Å². The topological polar surface area (TPSA) is 42.3 Å². The highest BCUT2D eigenvalue weighted by Crippen LogP contribution is 2.22. The van der Waals surface area contributed by atoms with E-state index in [4.69, 9.17) is 4.74 Å². The second-order valence-corrected chi connectivity index (χ2v) is 6.70. The number of para-hydroxylation sites is 1. The van der Waals surface area contributed by atoms with E-state index in [9.17, 15) is 0 Å². The molecule has 5 heteroatoms. The van der Waals surface area contributed by atoms with Crippen molar-refractivity contribution in [1.29, 1.82) is 0 Å². The predicted molar refractivity (Wildman–Crippen MR) is 96.1 cm³/mol. The Morgan fingerprint density at radius 1 is 1.29 bits per heavy atom. The molecule has 1 aromatic heterocycles. The van der Waals surface area contributed by atoms with Crippen molar-refractivity contribution >= 4 is 0 Å². The van der Waals surface area contributed by atoms with Crippen LogP contribution in [0.4, 0.5) is 0 Å². The van der Waals surface area contributed by atoms with E-state index in [1.54, 1.807) is 7.11 Å². The van der Waals surface area contributed by atoms with E-state index in [1.165, 1.54) is 24.0 Å². The Balaban J connectivity index is 1.49. The first-order valence-corrected chi connectivity index (χ1v) is 8.74. The van der Waals surface area contributed by atoms with Gasteiger partial charge in [-0.15, -0.1) is 0 Å². The fourth-order valence-corrected chi connectivity index (χ4v) is 3.45. The molecule has 0 aliphatic carbocycles. The van der Waals surface area contributed by atoms with E-state index in [2.05, 4.69) is 40.6 Å². The van der Waals surface area contributed by atoms with Gasteiger partial charge in [0.05, 0.1) is 13.3 Å². The van der Waals surface area contributed by atoms with E-state index < -0.39 is 0 Å². The van der Waals surface area contributed by atoms with Crippen molar-refractivity contribution in [3.05, 3.63) is 47.8 Å². The molecule has 24 heavy (non-hydrogen) atoms. The van der Waals surface area contributed by atoms with Gasteiger partial charge >= 0.3 is 0 Å². The first kappa shape index (κ1) is 17.0. The first-order valence-electron chi connectivity index (χ1n) is 8.74. The number of likely N-dealkylation sites (tertiary alicyclic amines) is 1. The Labute approximate surface area is 144 Å². The number of aromatic nitrogens is 2. The normalized spacial score (nSPS) is 17.8. The molecule has 1 aromatic carbocycles. The summed E-state index contributed by atoms with van der Waals surface area (Å²) in [6, 6.07) is 9.24. The van der Waals surface area contributed by atoms with E-state index in [1.807, 2.05) is 30.1 Å². The largest absolute Gasteiger partial charge is 0.496 e. The molecule has 1 aliphatic rings. The number of nitrogens with one attached hydrogen (secondary N) is 1. The lowest BCUT2D eigenvalue weighted by atomic mass is 10.0. The average Bonchev–Trinajstić information content (AvgIpc) is 3.04. The predicted octanol–water partition coefficient (Wildman–Crippen LogP) is 2.74. The summed E-state index contributed by atoms with van der Waals surface area (Å²) in [4.78, 5) is 2.52. The summed E-state index contributed by atoms with van der Waals surface area (Å²) < 4.78 is 7.33. The van der Waals surface area contributed by atoms with Gasteiger partial charge in [-0.2, -0.15) is 5.10 Å². The van der Waals surface area contributed by atoms with Crippen molar-refractivity contribution in [1.82, 2.24) is 20.0 Å². The van der Waals surface area contributed by atoms with Crippen molar-refractivity contribution in [2.45, 2.75) is 38.4 Å². The minimum atomic E-state index is 0.351. The van der Waals surface area contributed by atoms with Gasteiger partial charge in [0.25, 0.3) is 0 Å². The summed E-state index contributed by atoms with van der Waals surface area (Å²) in [7, 11) is 3.71. The quantitative estimate of drug-likeness (QED) is 0.885. The van der Waals surface area contributed by atoms with Crippen molar-refractivity contribution in [3.63, 3.8) is 0 Å². The molecule has 2 heterocycles. The van der Waals surface area contributed by atoms with Crippen LogP contribution >= 0.6 is 0 Å². The third kappa shape index (κ3) is 4.16. The molecular formula is C19H28N4O. The van der Waals surface area contributed by atoms with Gasteiger partial charge in [-0.05, 0) is 38.9 Å². The summed E-state index contributed by atoms with van der Waals surface area (Å²) in [6.45, 7) is 5.43. The third-order valence-corrected chi connectivity index (χ3v) is 4.88. The monoisotopic (exact) mass is 328 g/mol.